The molecule has 1 heterocycles. The van der Waals surface area contributed by atoms with E-state index in [9.17, 15) is 0 Å². The average molecular weight is 324 g/mol. The summed E-state index contributed by atoms with van der Waals surface area (Å²) in [6, 6.07) is 4.27. The van der Waals surface area contributed by atoms with Crippen LogP contribution >= 0.6 is 23.2 Å². The lowest BCUT2D eigenvalue weighted by molar-refractivity contribution is 0.335. The first-order valence-electron chi connectivity index (χ1n) is 8.38. The monoisotopic (exact) mass is 323 g/mol. The molecule has 1 spiro atoms. The Kier molecular flexibility index (Phi) is 3.72. The molecule has 4 rings (SSSR count). The van der Waals surface area contributed by atoms with Crippen LogP contribution in [0.3, 0.4) is 0 Å². The minimum atomic E-state index is 0.469. The molecule has 0 aromatic heterocycles. The van der Waals surface area contributed by atoms with Gasteiger partial charge in [0.25, 0.3) is 0 Å². The Morgan fingerprint density at radius 1 is 1.10 bits per heavy atom. The number of piperidine rings is 1. The highest BCUT2D eigenvalue weighted by atomic mass is 35.5. The van der Waals surface area contributed by atoms with Crippen LogP contribution in [0.15, 0.2) is 12.1 Å². The number of fused-ring (bicyclic) bond motifs is 2. The SMILES string of the molecule is Clc1cc2c(cc1Cl)C1(CC2)CC1CCC1CCNCC1. The maximum atomic E-state index is 6.26. The van der Waals surface area contributed by atoms with Gasteiger partial charge >= 0.3 is 0 Å². The van der Waals surface area contributed by atoms with E-state index in [2.05, 4.69) is 17.4 Å². The second-order valence-electron chi connectivity index (χ2n) is 7.25. The first-order chi connectivity index (χ1) is 10.2. The van der Waals surface area contributed by atoms with Crippen LogP contribution in [-0.4, -0.2) is 13.1 Å². The van der Waals surface area contributed by atoms with Crippen LogP contribution in [0.2, 0.25) is 10.0 Å². The molecule has 0 radical (unpaired) electrons. The van der Waals surface area contributed by atoms with Gasteiger partial charge in [-0.1, -0.05) is 29.6 Å². The molecular formula is C18H23Cl2N. The van der Waals surface area contributed by atoms with Crippen molar-refractivity contribution in [3.63, 3.8) is 0 Å². The van der Waals surface area contributed by atoms with Crippen LogP contribution in [-0.2, 0) is 11.8 Å². The lowest BCUT2D eigenvalue weighted by Crippen LogP contribution is -2.27. The Morgan fingerprint density at radius 2 is 1.86 bits per heavy atom. The summed E-state index contributed by atoms with van der Waals surface area (Å²) < 4.78 is 0. The number of aryl methyl sites for hydroxylation is 1. The van der Waals surface area contributed by atoms with Crippen molar-refractivity contribution in [2.45, 2.75) is 50.4 Å². The summed E-state index contributed by atoms with van der Waals surface area (Å²) in [6.45, 7) is 2.44. The van der Waals surface area contributed by atoms with Crippen molar-refractivity contribution >= 4 is 23.2 Å². The lowest BCUT2D eigenvalue weighted by Gasteiger charge is -2.23. The molecule has 0 bridgehead atoms. The summed E-state index contributed by atoms with van der Waals surface area (Å²) in [5.41, 5.74) is 3.44. The predicted octanol–water partition coefficient (Wildman–Crippen LogP) is 4.98. The second-order valence-corrected chi connectivity index (χ2v) is 8.07. The molecule has 1 aromatic rings. The number of hydrogen-bond donors (Lipinski definition) is 1. The molecular weight excluding hydrogens is 301 g/mol. The molecule has 114 valence electrons. The lowest BCUT2D eigenvalue weighted by atomic mass is 9.89. The number of benzene rings is 1. The third-order valence-corrected chi connectivity index (χ3v) is 6.86. The third-order valence-electron chi connectivity index (χ3n) is 6.14. The van der Waals surface area contributed by atoms with Crippen molar-refractivity contribution in [2.24, 2.45) is 11.8 Å². The molecule has 2 aliphatic carbocycles. The van der Waals surface area contributed by atoms with E-state index >= 15 is 0 Å². The maximum absolute atomic E-state index is 6.26. The van der Waals surface area contributed by atoms with E-state index in [4.69, 9.17) is 23.2 Å². The Balaban J connectivity index is 1.43. The van der Waals surface area contributed by atoms with Gasteiger partial charge in [-0.25, -0.2) is 0 Å². The van der Waals surface area contributed by atoms with Crippen LogP contribution in [0.4, 0.5) is 0 Å². The molecule has 2 atom stereocenters. The molecule has 1 saturated carbocycles. The average Bonchev–Trinajstić information content (AvgIpc) is 3.11. The fourth-order valence-corrected chi connectivity index (χ4v) is 5.10. The first kappa shape index (κ1) is 14.4. The van der Waals surface area contributed by atoms with Crippen LogP contribution in [0.25, 0.3) is 0 Å². The van der Waals surface area contributed by atoms with E-state index in [1.54, 1.807) is 0 Å². The Labute approximate surface area is 137 Å². The molecule has 21 heavy (non-hydrogen) atoms. The zero-order valence-corrected chi connectivity index (χ0v) is 13.9. The highest BCUT2D eigenvalue weighted by Crippen LogP contribution is 2.64. The van der Waals surface area contributed by atoms with Gasteiger partial charge in [0.2, 0.25) is 0 Å². The summed E-state index contributed by atoms with van der Waals surface area (Å²) in [5.74, 6) is 1.85. The fraction of sp³-hybridized carbons (Fsp3) is 0.667. The summed E-state index contributed by atoms with van der Waals surface area (Å²) in [7, 11) is 0. The molecule has 1 aromatic carbocycles. The van der Waals surface area contributed by atoms with Crippen molar-refractivity contribution in [3.05, 3.63) is 33.3 Å². The van der Waals surface area contributed by atoms with Gasteiger partial charge in [-0.3, -0.25) is 0 Å². The number of hydrogen-bond acceptors (Lipinski definition) is 1. The zero-order chi connectivity index (χ0) is 14.4. The van der Waals surface area contributed by atoms with Crippen LogP contribution in [0, 0.1) is 11.8 Å². The summed E-state index contributed by atoms with van der Waals surface area (Å²) in [6.07, 6.45) is 9.46. The zero-order valence-electron chi connectivity index (χ0n) is 12.4. The summed E-state index contributed by atoms with van der Waals surface area (Å²) in [5, 5.41) is 4.92. The predicted molar refractivity (Wildman–Crippen MR) is 89.4 cm³/mol. The third kappa shape index (κ3) is 2.52. The van der Waals surface area contributed by atoms with Crippen LogP contribution in [0.1, 0.15) is 49.7 Å². The maximum Gasteiger partial charge on any atom is 0.0595 e. The van der Waals surface area contributed by atoms with Gasteiger partial charge in [0, 0.05) is 0 Å². The highest BCUT2D eigenvalue weighted by Gasteiger charge is 2.57. The molecule has 0 amide bonds. The number of nitrogens with one attached hydrogen (secondary N) is 1. The summed E-state index contributed by atoms with van der Waals surface area (Å²) in [4.78, 5) is 0. The van der Waals surface area contributed by atoms with Gasteiger partial charge < -0.3 is 5.32 Å². The summed E-state index contributed by atoms with van der Waals surface area (Å²) >= 11 is 12.4. The minimum Gasteiger partial charge on any atom is -0.317 e. The standard InChI is InChI=1S/C18H23Cl2N/c19-16-9-13-3-6-18(15(13)10-17(16)20)11-14(18)2-1-12-4-7-21-8-5-12/h9-10,12,14,21H,1-8,11H2. The van der Waals surface area contributed by atoms with E-state index in [0.717, 1.165) is 21.9 Å². The Bertz CT molecular complexity index is 550. The van der Waals surface area contributed by atoms with Gasteiger partial charge in [0.05, 0.1) is 10.0 Å². The van der Waals surface area contributed by atoms with Gasteiger partial charge in [-0.05, 0) is 92.1 Å². The Hall–Kier alpha value is -0.240. The van der Waals surface area contributed by atoms with Gasteiger partial charge in [0.15, 0.2) is 0 Å². The van der Waals surface area contributed by atoms with E-state index in [1.165, 1.54) is 69.2 Å². The van der Waals surface area contributed by atoms with Crippen molar-refractivity contribution in [1.82, 2.24) is 5.32 Å². The van der Waals surface area contributed by atoms with Crippen LogP contribution < -0.4 is 5.32 Å². The molecule has 3 aliphatic rings. The van der Waals surface area contributed by atoms with Crippen molar-refractivity contribution < 1.29 is 0 Å². The number of halogens is 2. The quantitative estimate of drug-likeness (QED) is 0.827. The number of rotatable bonds is 3. The van der Waals surface area contributed by atoms with Gasteiger partial charge in [-0.2, -0.15) is 0 Å². The Morgan fingerprint density at radius 3 is 2.67 bits per heavy atom. The van der Waals surface area contributed by atoms with E-state index in [1.807, 2.05) is 0 Å². The normalized spacial score (nSPS) is 31.6. The topological polar surface area (TPSA) is 12.0 Å². The second kappa shape index (κ2) is 5.44. The molecule has 3 heteroatoms. The van der Waals surface area contributed by atoms with E-state index in [-0.39, 0.29) is 0 Å². The molecule has 2 unspecified atom stereocenters. The smallest absolute Gasteiger partial charge is 0.0595 e. The molecule has 1 aliphatic heterocycles. The van der Waals surface area contributed by atoms with E-state index < -0.39 is 0 Å². The molecule has 2 fully saturated rings. The van der Waals surface area contributed by atoms with E-state index in [0.29, 0.717) is 5.41 Å². The highest BCUT2D eigenvalue weighted by molar-refractivity contribution is 6.42. The largest absolute Gasteiger partial charge is 0.317 e. The minimum absolute atomic E-state index is 0.469. The first-order valence-corrected chi connectivity index (χ1v) is 9.14. The van der Waals surface area contributed by atoms with Crippen LogP contribution in [0.5, 0.6) is 0 Å². The van der Waals surface area contributed by atoms with Crippen molar-refractivity contribution in [2.75, 3.05) is 13.1 Å². The van der Waals surface area contributed by atoms with Crippen molar-refractivity contribution in [3.8, 4) is 0 Å². The molecule has 1 nitrogen and oxygen atoms in total. The molecule has 1 N–H and O–H groups in total. The van der Waals surface area contributed by atoms with Gasteiger partial charge in [-0.15, -0.1) is 0 Å². The van der Waals surface area contributed by atoms with Crippen molar-refractivity contribution in [1.29, 1.82) is 0 Å². The fourth-order valence-electron chi connectivity index (χ4n) is 4.75. The van der Waals surface area contributed by atoms with Gasteiger partial charge in [0.1, 0.15) is 0 Å². The molecule has 1 saturated heterocycles.